The molecule has 190 valence electrons. The molecule has 0 radical (unpaired) electrons. The highest BCUT2D eigenvalue weighted by atomic mass is 32.2. The SMILES string of the molecule is COc1c[n+]([O-])c2ccc(F)c(CCN3C[C@H](CNCc4cnc5c(n4)NC(=O)CS5)[C@H](O)C3)c2n1. The van der Waals surface area contributed by atoms with Gasteiger partial charge in [0, 0.05) is 50.3 Å². The lowest BCUT2D eigenvalue weighted by atomic mass is 10.1. The Morgan fingerprint density at radius 3 is 3.08 bits per heavy atom. The van der Waals surface area contributed by atoms with Gasteiger partial charge in [-0.15, -0.1) is 0 Å². The van der Waals surface area contributed by atoms with Gasteiger partial charge in [-0.2, -0.15) is 4.73 Å². The van der Waals surface area contributed by atoms with Gasteiger partial charge in [0.2, 0.25) is 17.6 Å². The average Bonchev–Trinajstić information content (AvgIpc) is 3.22. The Morgan fingerprint density at radius 1 is 1.39 bits per heavy atom. The molecular formula is C23H26FN7O4S. The number of ether oxygens (including phenoxy) is 1. The van der Waals surface area contributed by atoms with E-state index in [0.717, 1.165) is 0 Å². The van der Waals surface area contributed by atoms with Crippen LogP contribution in [0.4, 0.5) is 10.2 Å². The minimum atomic E-state index is -0.526. The summed E-state index contributed by atoms with van der Waals surface area (Å²) in [5.41, 5.74) is 1.61. The third-order valence-corrected chi connectivity index (χ3v) is 7.34. The summed E-state index contributed by atoms with van der Waals surface area (Å²) in [7, 11) is 1.40. The van der Waals surface area contributed by atoms with Crippen LogP contribution < -0.4 is 20.1 Å². The summed E-state index contributed by atoms with van der Waals surface area (Å²) in [6.07, 6.45) is 2.71. The Kier molecular flexibility index (Phi) is 7.14. The highest BCUT2D eigenvalue weighted by Crippen LogP contribution is 2.27. The highest BCUT2D eigenvalue weighted by molar-refractivity contribution is 8.00. The van der Waals surface area contributed by atoms with Gasteiger partial charge in [0.1, 0.15) is 16.4 Å². The van der Waals surface area contributed by atoms with Crippen LogP contribution in [0, 0.1) is 16.9 Å². The van der Waals surface area contributed by atoms with E-state index in [0.29, 0.717) is 71.7 Å². The number of rotatable bonds is 8. The normalized spacial score (nSPS) is 19.9. The van der Waals surface area contributed by atoms with Crippen molar-refractivity contribution in [1.82, 2.24) is 25.2 Å². The molecule has 1 aromatic carbocycles. The molecule has 0 bridgehead atoms. The first-order valence-electron chi connectivity index (χ1n) is 11.6. The lowest BCUT2D eigenvalue weighted by Gasteiger charge is -2.17. The van der Waals surface area contributed by atoms with Crippen molar-refractivity contribution in [3.05, 3.63) is 46.8 Å². The van der Waals surface area contributed by atoms with E-state index in [1.807, 2.05) is 0 Å². The number of aromatic nitrogens is 4. The van der Waals surface area contributed by atoms with Crippen molar-refractivity contribution < 1.29 is 23.8 Å². The second-order valence-electron chi connectivity index (χ2n) is 8.82. The standard InChI is InChI=1S/C23H26FN7O4S/c1-35-20-11-31(34)17-3-2-16(24)15(21(17)29-20)4-5-30-9-13(18(32)10-30)6-25-7-14-8-26-23-22(27-14)28-19(33)12-36-23/h2-3,8,11,13,18,25,32H,4-7,9-10,12H2,1H3,(H,27,28,33)/t13-,18+/m0/s1. The number of fused-ring (bicyclic) bond motifs is 2. The summed E-state index contributed by atoms with van der Waals surface area (Å²) < 4.78 is 20.4. The van der Waals surface area contributed by atoms with Crippen molar-refractivity contribution >= 4 is 34.5 Å². The third-order valence-electron chi connectivity index (χ3n) is 6.36. The first-order chi connectivity index (χ1) is 17.4. The lowest BCUT2D eigenvalue weighted by molar-refractivity contribution is -0.577. The van der Waals surface area contributed by atoms with Gasteiger partial charge in [-0.05, 0) is 12.5 Å². The van der Waals surface area contributed by atoms with Crippen LogP contribution in [0.5, 0.6) is 5.88 Å². The van der Waals surface area contributed by atoms with Crippen LogP contribution in [0.25, 0.3) is 11.0 Å². The van der Waals surface area contributed by atoms with Gasteiger partial charge in [-0.3, -0.25) is 4.79 Å². The molecule has 0 spiro atoms. The zero-order valence-electron chi connectivity index (χ0n) is 19.6. The van der Waals surface area contributed by atoms with Crippen LogP contribution in [0.3, 0.4) is 0 Å². The average molecular weight is 516 g/mol. The van der Waals surface area contributed by atoms with Gasteiger partial charge in [0.05, 0.1) is 30.9 Å². The predicted octanol–water partition coefficient (Wildman–Crippen LogP) is 0.475. The number of thioether (sulfide) groups is 1. The van der Waals surface area contributed by atoms with Gasteiger partial charge in [-0.25, -0.2) is 19.3 Å². The molecular weight excluding hydrogens is 489 g/mol. The molecule has 0 saturated carbocycles. The summed E-state index contributed by atoms with van der Waals surface area (Å²) in [5, 5.41) is 29.6. The number of likely N-dealkylation sites (tertiary alicyclic amines) is 1. The predicted molar refractivity (Wildman–Crippen MR) is 130 cm³/mol. The Hall–Kier alpha value is -3.13. The topological polar surface area (TPSA) is 139 Å². The number of carbonyl (C=O) groups excluding carboxylic acids is 1. The van der Waals surface area contributed by atoms with E-state index in [9.17, 15) is 19.5 Å². The molecule has 13 heteroatoms. The number of amides is 1. The Balaban J connectivity index is 1.17. The van der Waals surface area contributed by atoms with Gasteiger partial charge >= 0.3 is 0 Å². The monoisotopic (exact) mass is 515 g/mol. The minimum Gasteiger partial charge on any atom is -0.618 e. The molecule has 0 aliphatic carbocycles. The number of carbonyl (C=O) groups is 1. The molecule has 2 aliphatic rings. The molecule has 0 unspecified atom stereocenters. The number of β-amino-alcohol motifs (C(OH)–C–C–N with tert-alkyl or cyclic N) is 1. The van der Waals surface area contributed by atoms with E-state index in [1.165, 1.54) is 37.2 Å². The smallest absolute Gasteiger partial charge is 0.281 e. The molecule has 4 heterocycles. The molecule has 2 aromatic heterocycles. The maximum absolute atomic E-state index is 14.7. The number of aliphatic hydroxyl groups excluding tert-OH is 1. The fourth-order valence-electron chi connectivity index (χ4n) is 4.52. The molecule has 1 amide bonds. The van der Waals surface area contributed by atoms with Crippen LogP contribution in [0.1, 0.15) is 11.3 Å². The summed E-state index contributed by atoms with van der Waals surface area (Å²) in [5.74, 6) is 0.416. The molecule has 1 fully saturated rings. The van der Waals surface area contributed by atoms with Gasteiger partial charge in [-0.1, -0.05) is 11.8 Å². The van der Waals surface area contributed by atoms with Crippen LogP contribution in [-0.2, 0) is 17.8 Å². The number of methoxy groups -OCH3 is 1. The van der Waals surface area contributed by atoms with E-state index in [1.54, 1.807) is 6.20 Å². The highest BCUT2D eigenvalue weighted by Gasteiger charge is 2.31. The first-order valence-corrected chi connectivity index (χ1v) is 12.5. The number of nitrogens with zero attached hydrogens (tertiary/aromatic N) is 5. The number of aliphatic hydroxyl groups is 1. The van der Waals surface area contributed by atoms with Crippen molar-refractivity contribution in [3.8, 4) is 5.88 Å². The fraction of sp³-hybridized carbons (Fsp3) is 0.435. The van der Waals surface area contributed by atoms with E-state index >= 15 is 0 Å². The molecule has 3 aromatic rings. The minimum absolute atomic E-state index is 0.00905. The second-order valence-corrected chi connectivity index (χ2v) is 9.79. The number of halogens is 1. The largest absolute Gasteiger partial charge is 0.618 e. The zero-order chi connectivity index (χ0) is 25.2. The molecule has 36 heavy (non-hydrogen) atoms. The maximum Gasteiger partial charge on any atom is 0.281 e. The number of anilines is 1. The third kappa shape index (κ3) is 5.19. The van der Waals surface area contributed by atoms with Crippen LogP contribution in [-0.4, -0.2) is 76.0 Å². The zero-order valence-corrected chi connectivity index (χ0v) is 20.4. The van der Waals surface area contributed by atoms with Crippen LogP contribution >= 0.6 is 11.8 Å². The van der Waals surface area contributed by atoms with Crippen molar-refractivity contribution in [2.75, 3.05) is 44.4 Å². The number of nitrogens with one attached hydrogen (secondary N) is 2. The second kappa shape index (κ2) is 10.5. The van der Waals surface area contributed by atoms with Crippen LogP contribution in [0.2, 0.25) is 0 Å². The summed E-state index contributed by atoms with van der Waals surface area (Å²) in [4.78, 5) is 26.7. The van der Waals surface area contributed by atoms with Gasteiger partial charge in [0.25, 0.3) is 5.88 Å². The number of benzene rings is 1. The van der Waals surface area contributed by atoms with Gasteiger partial charge in [0.15, 0.2) is 5.82 Å². The summed E-state index contributed by atoms with van der Waals surface area (Å²) in [6, 6.07) is 2.69. The lowest BCUT2D eigenvalue weighted by Crippen LogP contribution is -2.31. The molecule has 1 saturated heterocycles. The van der Waals surface area contributed by atoms with E-state index in [2.05, 4.69) is 30.5 Å². The van der Waals surface area contributed by atoms with Crippen LogP contribution in [0.15, 0.2) is 29.6 Å². The first kappa shape index (κ1) is 24.6. The fourth-order valence-corrected chi connectivity index (χ4v) is 5.22. The van der Waals surface area contributed by atoms with E-state index < -0.39 is 11.9 Å². The quantitative estimate of drug-likeness (QED) is 0.287. The molecule has 2 aliphatic heterocycles. The Bertz CT molecular complexity index is 1300. The number of hydrogen-bond acceptors (Lipinski definition) is 10. The molecule has 2 atom stereocenters. The molecule has 3 N–H and O–H groups in total. The molecule has 11 nitrogen and oxygen atoms in total. The van der Waals surface area contributed by atoms with Crippen molar-refractivity contribution in [1.29, 1.82) is 0 Å². The van der Waals surface area contributed by atoms with Crippen molar-refractivity contribution in [2.24, 2.45) is 5.92 Å². The summed E-state index contributed by atoms with van der Waals surface area (Å²) in [6.45, 7) is 2.64. The molecule has 5 rings (SSSR count). The van der Waals surface area contributed by atoms with Crippen molar-refractivity contribution in [3.63, 3.8) is 0 Å². The van der Waals surface area contributed by atoms with E-state index in [4.69, 9.17) is 4.74 Å². The van der Waals surface area contributed by atoms with E-state index in [-0.39, 0.29) is 28.7 Å². The maximum atomic E-state index is 14.7. The Labute approximate surface area is 210 Å². The summed E-state index contributed by atoms with van der Waals surface area (Å²) >= 11 is 1.36. The van der Waals surface area contributed by atoms with Gasteiger partial charge < -0.3 is 30.6 Å². The number of hydrogen-bond donors (Lipinski definition) is 3. The van der Waals surface area contributed by atoms with Crippen molar-refractivity contribution in [2.45, 2.75) is 24.1 Å². The Morgan fingerprint density at radius 2 is 2.25 bits per heavy atom.